The van der Waals surface area contributed by atoms with E-state index in [2.05, 4.69) is 5.32 Å². The van der Waals surface area contributed by atoms with Gasteiger partial charge in [0, 0.05) is 5.02 Å². The van der Waals surface area contributed by atoms with Gasteiger partial charge in [-0.15, -0.1) is 0 Å². The van der Waals surface area contributed by atoms with Gasteiger partial charge in [0.2, 0.25) is 5.91 Å². The van der Waals surface area contributed by atoms with Gasteiger partial charge in [-0.05, 0) is 37.1 Å². The maximum Gasteiger partial charge on any atom is 0.225 e. The molecule has 0 aliphatic carbocycles. The zero-order valence-corrected chi connectivity index (χ0v) is 12.4. The van der Waals surface area contributed by atoms with E-state index in [1.807, 2.05) is 68.4 Å². The van der Waals surface area contributed by atoms with E-state index < -0.39 is 5.54 Å². The molecule has 104 valence electrons. The summed E-state index contributed by atoms with van der Waals surface area (Å²) in [4.78, 5) is 12.1. The average Bonchev–Trinajstić information content (AvgIpc) is 2.39. The van der Waals surface area contributed by atoms with Crippen LogP contribution in [-0.4, -0.2) is 5.91 Å². The molecule has 0 aliphatic rings. The van der Waals surface area contributed by atoms with Crippen LogP contribution in [-0.2, 0) is 16.8 Å². The lowest BCUT2D eigenvalue weighted by Gasteiger charge is -2.27. The van der Waals surface area contributed by atoms with Gasteiger partial charge in [0.15, 0.2) is 0 Å². The Morgan fingerprint density at radius 2 is 1.80 bits per heavy atom. The summed E-state index contributed by atoms with van der Waals surface area (Å²) in [5.41, 5.74) is 1.55. The monoisotopic (exact) mass is 287 g/mol. The van der Waals surface area contributed by atoms with Crippen LogP contribution in [0.2, 0.25) is 5.02 Å². The highest BCUT2D eigenvalue weighted by Crippen LogP contribution is 2.23. The Labute approximate surface area is 124 Å². The topological polar surface area (TPSA) is 29.1 Å². The number of hydrogen-bond acceptors (Lipinski definition) is 1. The summed E-state index contributed by atoms with van der Waals surface area (Å²) in [6.07, 6.45) is 0.380. The fourth-order valence-corrected chi connectivity index (χ4v) is 2.31. The first-order valence-corrected chi connectivity index (χ1v) is 6.96. The number of benzene rings is 2. The molecule has 0 heterocycles. The predicted molar refractivity (Wildman–Crippen MR) is 82.8 cm³/mol. The van der Waals surface area contributed by atoms with Crippen LogP contribution in [0.1, 0.15) is 25.0 Å². The number of carbonyl (C=O) groups excluding carboxylic acids is 1. The van der Waals surface area contributed by atoms with Crippen molar-refractivity contribution in [1.82, 2.24) is 5.32 Å². The van der Waals surface area contributed by atoms with Crippen LogP contribution >= 0.6 is 11.6 Å². The van der Waals surface area contributed by atoms with Crippen LogP contribution in [0, 0.1) is 0 Å². The minimum absolute atomic E-state index is 0.00109. The van der Waals surface area contributed by atoms with Crippen molar-refractivity contribution in [3.63, 3.8) is 0 Å². The zero-order valence-electron chi connectivity index (χ0n) is 11.7. The first-order chi connectivity index (χ1) is 9.47. The van der Waals surface area contributed by atoms with Crippen molar-refractivity contribution >= 4 is 17.5 Å². The molecule has 0 radical (unpaired) electrons. The molecule has 1 N–H and O–H groups in total. The summed E-state index contributed by atoms with van der Waals surface area (Å²) in [5.74, 6) is 0.00109. The van der Waals surface area contributed by atoms with Crippen LogP contribution in [0.5, 0.6) is 0 Å². The van der Waals surface area contributed by atoms with Crippen molar-refractivity contribution in [2.24, 2.45) is 0 Å². The Kier molecular flexibility index (Phi) is 4.46. The molecule has 0 spiro atoms. The minimum atomic E-state index is -0.448. The molecule has 0 saturated heterocycles. The van der Waals surface area contributed by atoms with Gasteiger partial charge >= 0.3 is 0 Å². The highest BCUT2D eigenvalue weighted by atomic mass is 35.5. The Balaban J connectivity index is 2.06. The largest absolute Gasteiger partial charge is 0.347 e. The summed E-state index contributed by atoms with van der Waals surface area (Å²) in [6, 6.07) is 17.3. The summed E-state index contributed by atoms with van der Waals surface area (Å²) in [5, 5.41) is 3.72. The van der Waals surface area contributed by atoms with Crippen molar-refractivity contribution in [3.05, 3.63) is 70.7 Å². The number of amides is 1. The molecule has 2 aromatic rings. The number of hydrogen-bond donors (Lipinski definition) is 1. The van der Waals surface area contributed by atoms with E-state index in [0.717, 1.165) is 11.1 Å². The highest BCUT2D eigenvalue weighted by Gasteiger charge is 2.22. The van der Waals surface area contributed by atoms with Gasteiger partial charge in [-0.25, -0.2) is 0 Å². The minimum Gasteiger partial charge on any atom is -0.347 e. The smallest absolute Gasteiger partial charge is 0.225 e. The van der Waals surface area contributed by atoms with Crippen LogP contribution in [0.3, 0.4) is 0 Å². The molecule has 1 amide bonds. The standard InChI is InChI=1S/C17H18ClNO/c1-17(2,14-9-6-10-15(18)12-14)19-16(20)11-13-7-4-3-5-8-13/h3-10,12H,11H2,1-2H3,(H,19,20). The molecule has 20 heavy (non-hydrogen) atoms. The molecule has 0 bridgehead atoms. The zero-order chi connectivity index (χ0) is 14.6. The normalized spacial score (nSPS) is 11.2. The van der Waals surface area contributed by atoms with Gasteiger partial charge in [-0.1, -0.05) is 54.1 Å². The Morgan fingerprint density at radius 1 is 1.10 bits per heavy atom. The second-order valence-electron chi connectivity index (χ2n) is 5.35. The van der Waals surface area contributed by atoms with Gasteiger partial charge in [0.25, 0.3) is 0 Å². The van der Waals surface area contributed by atoms with Gasteiger partial charge < -0.3 is 5.32 Å². The number of halogens is 1. The van der Waals surface area contributed by atoms with E-state index in [9.17, 15) is 4.79 Å². The third-order valence-corrected chi connectivity index (χ3v) is 3.44. The first-order valence-electron chi connectivity index (χ1n) is 6.58. The highest BCUT2D eigenvalue weighted by molar-refractivity contribution is 6.30. The third kappa shape index (κ3) is 3.84. The van der Waals surface area contributed by atoms with Crippen LogP contribution in [0.25, 0.3) is 0 Å². The molecule has 0 aliphatic heterocycles. The number of rotatable bonds is 4. The molecule has 3 heteroatoms. The van der Waals surface area contributed by atoms with Crippen LogP contribution in [0.4, 0.5) is 0 Å². The van der Waals surface area contributed by atoms with E-state index in [0.29, 0.717) is 11.4 Å². The average molecular weight is 288 g/mol. The maximum atomic E-state index is 12.1. The molecular formula is C17H18ClNO. The van der Waals surface area contributed by atoms with E-state index in [4.69, 9.17) is 11.6 Å². The quantitative estimate of drug-likeness (QED) is 0.907. The summed E-state index contributed by atoms with van der Waals surface area (Å²) in [7, 11) is 0. The SMILES string of the molecule is CC(C)(NC(=O)Cc1ccccc1)c1cccc(Cl)c1. The fourth-order valence-electron chi connectivity index (χ4n) is 2.12. The van der Waals surface area contributed by atoms with Crippen molar-refractivity contribution in [3.8, 4) is 0 Å². The Hall–Kier alpha value is -1.80. The van der Waals surface area contributed by atoms with Gasteiger partial charge in [0.1, 0.15) is 0 Å². The lowest BCUT2D eigenvalue weighted by Crippen LogP contribution is -2.41. The van der Waals surface area contributed by atoms with Crippen molar-refractivity contribution in [2.75, 3.05) is 0 Å². The molecule has 0 atom stereocenters. The molecule has 2 nitrogen and oxygen atoms in total. The molecule has 0 saturated carbocycles. The second kappa shape index (κ2) is 6.10. The predicted octanol–water partition coefficient (Wildman–Crippen LogP) is 3.93. The van der Waals surface area contributed by atoms with E-state index >= 15 is 0 Å². The first kappa shape index (κ1) is 14.6. The number of carbonyl (C=O) groups is 1. The fraction of sp³-hybridized carbons (Fsp3) is 0.235. The van der Waals surface area contributed by atoms with Crippen molar-refractivity contribution < 1.29 is 4.79 Å². The molecule has 2 aromatic carbocycles. The maximum absolute atomic E-state index is 12.1. The Morgan fingerprint density at radius 3 is 2.45 bits per heavy atom. The molecule has 2 rings (SSSR count). The molecule has 0 unspecified atom stereocenters. The molecule has 0 aromatic heterocycles. The summed E-state index contributed by atoms with van der Waals surface area (Å²) < 4.78 is 0. The van der Waals surface area contributed by atoms with E-state index in [1.165, 1.54) is 0 Å². The second-order valence-corrected chi connectivity index (χ2v) is 5.78. The van der Waals surface area contributed by atoms with Crippen molar-refractivity contribution in [2.45, 2.75) is 25.8 Å². The van der Waals surface area contributed by atoms with Gasteiger partial charge in [-0.3, -0.25) is 4.79 Å². The van der Waals surface area contributed by atoms with Gasteiger partial charge in [-0.2, -0.15) is 0 Å². The lowest BCUT2D eigenvalue weighted by atomic mass is 9.94. The molecular weight excluding hydrogens is 270 g/mol. The summed E-state index contributed by atoms with van der Waals surface area (Å²) in [6.45, 7) is 3.95. The van der Waals surface area contributed by atoms with Crippen LogP contribution in [0.15, 0.2) is 54.6 Å². The summed E-state index contributed by atoms with van der Waals surface area (Å²) >= 11 is 6.00. The van der Waals surface area contributed by atoms with Crippen molar-refractivity contribution in [1.29, 1.82) is 0 Å². The van der Waals surface area contributed by atoms with Crippen LogP contribution < -0.4 is 5.32 Å². The molecule has 0 fully saturated rings. The van der Waals surface area contributed by atoms with E-state index in [1.54, 1.807) is 0 Å². The Bertz CT molecular complexity index is 593. The third-order valence-electron chi connectivity index (χ3n) is 3.21. The van der Waals surface area contributed by atoms with E-state index in [-0.39, 0.29) is 5.91 Å². The number of nitrogens with one attached hydrogen (secondary N) is 1. The van der Waals surface area contributed by atoms with Gasteiger partial charge in [0.05, 0.1) is 12.0 Å². The lowest BCUT2D eigenvalue weighted by molar-refractivity contribution is -0.122.